The summed E-state index contributed by atoms with van der Waals surface area (Å²) in [7, 11) is 2.47. The maximum absolute atomic E-state index is 12.5. The summed E-state index contributed by atoms with van der Waals surface area (Å²) in [5, 5.41) is 0. The number of allylic oxidation sites excluding steroid dienone is 1. The Bertz CT molecular complexity index is 587. The van der Waals surface area contributed by atoms with Crippen molar-refractivity contribution in [3.05, 3.63) is 47.2 Å². The number of ether oxygens (including phenoxy) is 3. The molecule has 0 radical (unpaired) electrons. The van der Waals surface area contributed by atoms with Gasteiger partial charge in [0.05, 0.1) is 25.9 Å². The minimum absolute atomic E-state index is 0.566. The fourth-order valence-corrected chi connectivity index (χ4v) is 2.99. The number of hydrogen-bond donors (Lipinski definition) is 0. The molecule has 0 spiro atoms. The van der Waals surface area contributed by atoms with E-state index in [1.807, 2.05) is 44.2 Å². The predicted octanol–water partition coefficient (Wildman–Crippen LogP) is 2.57. The monoisotopic (exact) mass is 304 g/mol. The summed E-state index contributed by atoms with van der Waals surface area (Å²) in [5.74, 6) is -1.46. The smallest absolute Gasteiger partial charge is 0.363 e. The van der Waals surface area contributed by atoms with E-state index in [-0.39, 0.29) is 0 Å². The second-order valence-electron chi connectivity index (χ2n) is 5.12. The standard InChI is InChI=1S/C17H20O5/c1-5-13-11(2)14(12-9-7-6-8-10-12)17(22-13,15(18)20-3)16(19)21-4/h6-10,14H,5H2,1-4H3. The van der Waals surface area contributed by atoms with Gasteiger partial charge in [-0.1, -0.05) is 37.3 Å². The van der Waals surface area contributed by atoms with Gasteiger partial charge in [0.1, 0.15) is 0 Å². The minimum Gasteiger partial charge on any atom is -0.468 e. The van der Waals surface area contributed by atoms with Gasteiger partial charge in [0.2, 0.25) is 0 Å². The molecule has 0 saturated heterocycles. The van der Waals surface area contributed by atoms with Crippen LogP contribution in [0.2, 0.25) is 0 Å². The van der Waals surface area contributed by atoms with Crippen LogP contribution in [0.5, 0.6) is 0 Å². The van der Waals surface area contributed by atoms with E-state index in [9.17, 15) is 9.59 Å². The van der Waals surface area contributed by atoms with Crippen LogP contribution >= 0.6 is 0 Å². The van der Waals surface area contributed by atoms with E-state index in [0.29, 0.717) is 12.2 Å². The molecule has 5 heteroatoms. The van der Waals surface area contributed by atoms with E-state index in [0.717, 1.165) is 11.1 Å². The Labute approximate surface area is 129 Å². The first-order valence-corrected chi connectivity index (χ1v) is 7.13. The zero-order valence-electron chi connectivity index (χ0n) is 13.2. The van der Waals surface area contributed by atoms with Crippen LogP contribution in [0.15, 0.2) is 41.7 Å². The number of carbonyl (C=O) groups is 2. The van der Waals surface area contributed by atoms with Crippen molar-refractivity contribution in [2.45, 2.75) is 31.8 Å². The molecule has 0 fully saturated rings. The normalized spacial score (nSPS) is 19.5. The molecule has 0 aliphatic carbocycles. The maximum atomic E-state index is 12.5. The second kappa shape index (κ2) is 6.22. The molecule has 0 N–H and O–H groups in total. The maximum Gasteiger partial charge on any atom is 0.363 e. The van der Waals surface area contributed by atoms with Crippen LogP contribution in [-0.2, 0) is 23.8 Å². The number of methoxy groups -OCH3 is 2. The molecular formula is C17H20O5. The summed E-state index contributed by atoms with van der Waals surface area (Å²) in [6, 6.07) is 9.29. The van der Waals surface area contributed by atoms with Crippen LogP contribution < -0.4 is 0 Å². The number of rotatable bonds is 4. The van der Waals surface area contributed by atoms with E-state index in [1.165, 1.54) is 14.2 Å². The van der Waals surface area contributed by atoms with Gasteiger partial charge in [0.15, 0.2) is 0 Å². The SMILES string of the molecule is CCC1=C(C)C(c2ccccc2)C(C(=O)OC)(C(=O)OC)O1. The summed E-state index contributed by atoms with van der Waals surface area (Å²) >= 11 is 0. The van der Waals surface area contributed by atoms with E-state index in [2.05, 4.69) is 0 Å². The lowest BCUT2D eigenvalue weighted by molar-refractivity contribution is -0.182. The first-order chi connectivity index (χ1) is 10.5. The summed E-state index contributed by atoms with van der Waals surface area (Å²) in [4.78, 5) is 24.9. The number of hydrogen-bond acceptors (Lipinski definition) is 5. The third-order valence-electron chi connectivity index (χ3n) is 3.99. The van der Waals surface area contributed by atoms with Gasteiger partial charge in [0, 0.05) is 6.42 Å². The number of benzene rings is 1. The molecule has 1 atom stereocenters. The molecule has 0 aromatic heterocycles. The lowest BCUT2D eigenvalue weighted by atomic mass is 9.78. The van der Waals surface area contributed by atoms with Gasteiger partial charge in [-0.2, -0.15) is 0 Å². The molecule has 118 valence electrons. The molecule has 1 unspecified atom stereocenters. The predicted molar refractivity (Wildman–Crippen MR) is 80.0 cm³/mol. The zero-order valence-corrected chi connectivity index (χ0v) is 13.2. The molecule has 0 amide bonds. The van der Waals surface area contributed by atoms with Crippen LogP contribution in [0.4, 0.5) is 0 Å². The van der Waals surface area contributed by atoms with Crippen LogP contribution in [0, 0.1) is 0 Å². The molecule has 1 aromatic carbocycles. The molecule has 0 bridgehead atoms. The summed E-state index contributed by atoms with van der Waals surface area (Å²) in [6.45, 7) is 3.77. The largest absolute Gasteiger partial charge is 0.468 e. The Kier molecular flexibility index (Phi) is 4.54. The van der Waals surface area contributed by atoms with Gasteiger partial charge < -0.3 is 14.2 Å². The van der Waals surface area contributed by atoms with Gasteiger partial charge >= 0.3 is 17.5 Å². The Hall–Kier alpha value is -2.30. The minimum atomic E-state index is -1.82. The molecule has 22 heavy (non-hydrogen) atoms. The van der Waals surface area contributed by atoms with E-state index >= 15 is 0 Å². The average molecular weight is 304 g/mol. The first kappa shape index (κ1) is 16.1. The van der Waals surface area contributed by atoms with E-state index in [1.54, 1.807) is 0 Å². The highest BCUT2D eigenvalue weighted by molar-refractivity contribution is 6.06. The lowest BCUT2D eigenvalue weighted by Crippen LogP contribution is -2.52. The fourth-order valence-electron chi connectivity index (χ4n) is 2.99. The van der Waals surface area contributed by atoms with Gasteiger partial charge in [0.25, 0.3) is 0 Å². The van der Waals surface area contributed by atoms with E-state index < -0.39 is 23.5 Å². The molecule has 1 aliphatic rings. The van der Waals surface area contributed by atoms with Gasteiger partial charge in [-0.3, -0.25) is 0 Å². The zero-order chi connectivity index (χ0) is 16.3. The highest BCUT2D eigenvalue weighted by atomic mass is 16.6. The highest BCUT2D eigenvalue weighted by Gasteiger charge is 2.62. The number of esters is 2. The number of carbonyl (C=O) groups excluding carboxylic acids is 2. The van der Waals surface area contributed by atoms with Crippen molar-refractivity contribution < 1.29 is 23.8 Å². The Morgan fingerprint density at radius 3 is 2.14 bits per heavy atom. The van der Waals surface area contributed by atoms with Crippen molar-refractivity contribution in [3.8, 4) is 0 Å². The van der Waals surface area contributed by atoms with Crippen molar-refractivity contribution in [3.63, 3.8) is 0 Å². The quantitative estimate of drug-likeness (QED) is 0.632. The van der Waals surface area contributed by atoms with Crippen LogP contribution in [0.25, 0.3) is 0 Å². The van der Waals surface area contributed by atoms with Crippen molar-refractivity contribution in [1.29, 1.82) is 0 Å². The average Bonchev–Trinajstić information content (AvgIpc) is 2.87. The highest BCUT2D eigenvalue weighted by Crippen LogP contribution is 2.48. The van der Waals surface area contributed by atoms with Crippen molar-refractivity contribution in [2.75, 3.05) is 14.2 Å². The van der Waals surface area contributed by atoms with Crippen LogP contribution in [0.1, 0.15) is 31.7 Å². The third-order valence-corrected chi connectivity index (χ3v) is 3.99. The van der Waals surface area contributed by atoms with Gasteiger partial charge in [-0.15, -0.1) is 0 Å². The van der Waals surface area contributed by atoms with Crippen molar-refractivity contribution in [2.24, 2.45) is 0 Å². The fraction of sp³-hybridized carbons (Fsp3) is 0.412. The molecule has 1 aliphatic heterocycles. The van der Waals surface area contributed by atoms with Gasteiger partial charge in [-0.25, -0.2) is 9.59 Å². The lowest BCUT2D eigenvalue weighted by Gasteiger charge is -2.30. The van der Waals surface area contributed by atoms with Crippen LogP contribution in [0.3, 0.4) is 0 Å². The third kappa shape index (κ3) is 2.26. The van der Waals surface area contributed by atoms with Crippen LogP contribution in [-0.4, -0.2) is 31.8 Å². The van der Waals surface area contributed by atoms with Crippen molar-refractivity contribution in [1.82, 2.24) is 0 Å². The summed E-state index contributed by atoms with van der Waals surface area (Å²) in [5.41, 5.74) is -0.177. The molecule has 2 rings (SSSR count). The van der Waals surface area contributed by atoms with E-state index in [4.69, 9.17) is 14.2 Å². The summed E-state index contributed by atoms with van der Waals surface area (Å²) < 4.78 is 15.5. The molecule has 0 saturated carbocycles. The van der Waals surface area contributed by atoms with Crippen molar-refractivity contribution >= 4 is 11.9 Å². The topological polar surface area (TPSA) is 61.8 Å². The molecule has 5 nitrogen and oxygen atoms in total. The Morgan fingerprint density at radius 1 is 1.14 bits per heavy atom. The first-order valence-electron chi connectivity index (χ1n) is 7.13. The molecule has 1 heterocycles. The van der Waals surface area contributed by atoms with Gasteiger partial charge in [-0.05, 0) is 18.1 Å². The Morgan fingerprint density at radius 2 is 1.68 bits per heavy atom. The second-order valence-corrected chi connectivity index (χ2v) is 5.12. The Balaban J connectivity index is 2.66. The molecular weight excluding hydrogens is 284 g/mol. The molecule has 1 aromatic rings. The summed E-state index contributed by atoms with van der Waals surface area (Å²) in [6.07, 6.45) is 0.574.